The fourth-order valence-electron chi connectivity index (χ4n) is 2.09. The molecule has 0 atom stereocenters. The second-order valence-corrected chi connectivity index (χ2v) is 7.61. The van der Waals surface area contributed by atoms with E-state index in [1.165, 1.54) is 19.4 Å². The molecule has 0 amide bonds. The van der Waals surface area contributed by atoms with E-state index in [2.05, 4.69) is 61.2 Å². The third-order valence-electron chi connectivity index (χ3n) is 3.86. The molecule has 0 unspecified atom stereocenters. The van der Waals surface area contributed by atoms with Gasteiger partial charge in [-0.1, -0.05) is 45.9 Å². The highest BCUT2D eigenvalue weighted by Crippen LogP contribution is 2.48. The minimum absolute atomic E-state index is 0.238. The Hall–Kier alpha value is -0.350. The van der Waals surface area contributed by atoms with Gasteiger partial charge in [-0.05, 0) is 51.2 Å². The maximum Gasteiger partial charge on any atom is 0.0514 e. The minimum atomic E-state index is 0.238. The topological polar surface area (TPSA) is 0 Å². The summed E-state index contributed by atoms with van der Waals surface area (Å²) in [4.78, 5) is 0. The summed E-state index contributed by atoms with van der Waals surface area (Å²) in [5, 5.41) is 0.238. The maximum absolute atomic E-state index is 2.44. The van der Waals surface area contributed by atoms with Crippen molar-refractivity contribution in [1.82, 2.24) is 0 Å². The summed E-state index contributed by atoms with van der Waals surface area (Å²) in [5.41, 5.74) is 6.38. The Kier molecular flexibility index (Phi) is 3.56. The lowest BCUT2D eigenvalue weighted by Gasteiger charge is -2.26. The molecule has 0 fully saturated rings. The van der Waals surface area contributed by atoms with Crippen LogP contribution in [-0.2, 0) is 0 Å². The molecule has 16 heavy (non-hydrogen) atoms. The minimum Gasteiger partial charge on any atom is -0.0928 e. The third-order valence-corrected chi connectivity index (χ3v) is 5.95. The van der Waals surface area contributed by atoms with Crippen LogP contribution in [0.3, 0.4) is 0 Å². The van der Waals surface area contributed by atoms with Crippen molar-refractivity contribution in [2.45, 2.75) is 60.5 Å². The van der Waals surface area contributed by atoms with Crippen LogP contribution in [0.25, 0.3) is 0 Å². The van der Waals surface area contributed by atoms with Crippen LogP contribution in [0.2, 0.25) is 0 Å². The molecule has 90 valence electrons. The molecule has 0 saturated heterocycles. The molecule has 0 radical (unpaired) electrons. The molecular weight excluding hydrogens is 211 g/mol. The van der Waals surface area contributed by atoms with Crippen LogP contribution in [0, 0.1) is 5.41 Å². The zero-order valence-corrected chi connectivity index (χ0v) is 12.9. The molecule has 0 saturated carbocycles. The average molecular weight is 236 g/mol. The third kappa shape index (κ3) is 2.33. The van der Waals surface area contributed by atoms with Crippen molar-refractivity contribution < 1.29 is 0 Å². The fraction of sp³-hybridized carbons (Fsp3) is 0.667. The Balaban J connectivity index is 3.18. The summed E-state index contributed by atoms with van der Waals surface area (Å²) >= 11 is 0. The SMILES string of the molecule is CC1=C(C)C(C)(P=CC(C)(C)C)C(C)=C1C. The summed E-state index contributed by atoms with van der Waals surface area (Å²) in [6.07, 6.45) is 0. The molecule has 1 rings (SSSR count). The van der Waals surface area contributed by atoms with E-state index in [-0.39, 0.29) is 5.16 Å². The second-order valence-electron chi connectivity index (χ2n) is 6.20. The molecule has 0 nitrogen and oxygen atoms in total. The van der Waals surface area contributed by atoms with Crippen LogP contribution in [0.1, 0.15) is 55.4 Å². The van der Waals surface area contributed by atoms with E-state index < -0.39 is 0 Å². The van der Waals surface area contributed by atoms with Gasteiger partial charge in [0, 0.05) is 0 Å². The van der Waals surface area contributed by atoms with Gasteiger partial charge in [-0.3, -0.25) is 0 Å². The Bertz CT molecular complexity index is 362. The van der Waals surface area contributed by atoms with E-state index in [0.717, 1.165) is 0 Å². The molecule has 0 spiro atoms. The van der Waals surface area contributed by atoms with Gasteiger partial charge in [0.15, 0.2) is 0 Å². The van der Waals surface area contributed by atoms with Crippen molar-refractivity contribution in [3.05, 3.63) is 22.3 Å². The lowest BCUT2D eigenvalue weighted by Crippen LogP contribution is -2.19. The first kappa shape index (κ1) is 13.7. The molecule has 0 aromatic rings. The molecular formula is C15H25P. The van der Waals surface area contributed by atoms with Crippen LogP contribution < -0.4 is 0 Å². The summed E-state index contributed by atoms with van der Waals surface area (Å²) in [5.74, 6) is 2.44. The Morgan fingerprint density at radius 1 is 0.938 bits per heavy atom. The van der Waals surface area contributed by atoms with Crippen LogP contribution >= 0.6 is 8.20 Å². The standard InChI is InChI=1S/C15H25P/c1-10-11(2)13(4)15(8,12(10)3)16-9-14(5,6)7/h9H,1-8H3. The van der Waals surface area contributed by atoms with Gasteiger partial charge in [0.05, 0.1) is 5.16 Å². The van der Waals surface area contributed by atoms with Crippen LogP contribution in [0.15, 0.2) is 22.3 Å². The summed E-state index contributed by atoms with van der Waals surface area (Å²) in [6.45, 7) is 18.3. The highest BCUT2D eigenvalue weighted by atomic mass is 31.1. The van der Waals surface area contributed by atoms with Gasteiger partial charge in [0.25, 0.3) is 0 Å². The smallest absolute Gasteiger partial charge is 0.0514 e. The number of hydrogen-bond donors (Lipinski definition) is 0. The molecule has 0 aliphatic heterocycles. The van der Waals surface area contributed by atoms with Gasteiger partial charge in [-0.25, -0.2) is 0 Å². The summed E-state index contributed by atoms with van der Waals surface area (Å²) in [7, 11) is 1.43. The molecule has 1 aliphatic rings. The Labute approximate surface area is 103 Å². The van der Waals surface area contributed by atoms with Crippen LogP contribution in [-0.4, -0.2) is 11.0 Å². The van der Waals surface area contributed by atoms with E-state index in [4.69, 9.17) is 0 Å². The monoisotopic (exact) mass is 236 g/mol. The lowest BCUT2D eigenvalue weighted by molar-refractivity contribution is 0.614. The molecule has 0 aromatic heterocycles. The molecule has 1 heteroatoms. The van der Waals surface area contributed by atoms with Crippen molar-refractivity contribution >= 4 is 14.0 Å². The van der Waals surface area contributed by atoms with Crippen LogP contribution in [0.4, 0.5) is 0 Å². The zero-order chi connectivity index (χ0) is 12.7. The van der Waals surface area contributed by atoms with Gasteiger partial charge in [0.1, 0.15) is 0 Å². The lowest BCUT2D eigenvalue weighted by atomic mass is 9.98. The second kappa shape index (κ2) is 4.15. The van der Waals surface area contributed by atoms with Gasteiger partial charge in [0.2, 0.25) is 0 Å². The van der Waals surface area contributed by atoms with Crippen molar-refractivity contribution in [1.29, 1.82) is 0 Å². The largest absolute Gasteiger partial charge is 0.0928 e. The number of allylic oxidation sites excluding steroid dienone is 4. The van der Waals surface area contributed by atoms with E-state index in [9.17, 15) is 0 Å². The van der Waals surface area contributed by atoms with Crippen molar-refractivity contribution in [2.24, 2.45) is 5.41 Å². The summed E-state index contributed by atoms with van der Waals surface area (Å²) < 4.78 is 0. The fourth-order valence-corrected chi connectivity index (χ4v) is 3.46. The number of hydrogen-bond acceptors (Lipinski definition) is 0. The van der Waals surface area contributed by atoms with Crippen molar-refractivity contribution in [2.75, 3.05) is 0 Å². The highest BCUT2D eigenvalue weighted by molar-refractivity contribution is 7.41. The van der Waals surface area contributed by atoms with Gasteiger partial charge in [-0.2, -0.15) is 0 Å². The molecule has 0 bridgehead atoms. The predicted molar refractivity (Wildman–Crippen MR) is 77.6 cm³/mol. The van der Waals surface area contributed by atoms with Crippen LogP contribution in [0.5, 0.6) is 0 Å². The normalized spacial score (nSPS) is 21.5. The molecule has 0 aromatic carbocycles. The first-order valence-corrected chi connectivity index (χ1v) is 6.98. The Morgan fingerprint density at radius 2 is 1.31 bits per heavy atom. The van der Waals surface area contributed by atoms with E-state index in [0.29, 0.717) is 5.41 Å². The van der Waals surface area contributed by atoms with E-state index in [1.54, 1.807) is 11.1 Å². The average Bonchev–Trinajstić information content (AvgIpc) is 2.31. The van der Waals surface area contributed by atoms with Gasteiger partial charge < -0.3 is 0 Å². The zero-order valence-electron chi connectivity index (χ0n) is 12.0. The van der Waals surface area contributed by atoms with E-state index >= 15 is 0 Å². The molecule has 0 heterocycles. The van der Waals surface area contributed by atoms with Crippen molar-refractivity contribution in [3.63, 3.8) is 0 Å². The summed E-state index contributed by atoms with van der Waals surface area (Å²) in [6, 6.07) is 0. The van der Waals surface area contributed by atoms with Crippen molar-refractivity contribution in [3.8, 4) is 0 Å². The maximum atomic E-state index is 2.44. The molecule has 0 N–H and O–H groups in total. The highest BCUT2D eigenvalue weighted by Gasteiger charge is 2.34. The Morgan fingerprint density at radius 3 is 1.62 bits per heavy atom. The van der Waals surface area contributed by atoms with E-state index in [1.807, 2.05) is 0 Å². The van der Waals surface area contributed by atoms with Gasteiger partial charge in [-0.15, -0.1) is 0 Å². The van der Waals surface area contributed by atoms with Gasteiger partial charge >= 0.3 is 0 Å². The predicted octanol–water partition coefficient (Wildman–Crippen LogP) is 5.23. The number of rotatable bonds is 1. The quantitative estimate of drug-likeness (QED) is 0.547. The first-order chi connectivity index (χ1) is 7.09. The first-order valence-electron chi connectivity index (χ1n) is 6.02. The molecule has 1 aliphatic carbocycles.